The first kappa shape index (κ1) is 13.5. The molecule has 0 unspecified atom stereocenters. The van der Waals surface area contributed by atoms with E-state index in [4.69, 9.17) is 5.21 Å². The van der Waals surface area contributed by atoms with Crippen LogP contribution in [0.15, 0.2) is 52.3 Å². The predicted molar refractivity (Wildman–Crippen MR) is 76.5 cm³/mol. The van der Waals surface area contributed by atoms with Gasteiger partial charge in [-0.05, 0) is 29.3 Å². The van der Waals surface area contributed by atoms with Crippen molar-refractivity contribution < 1.29 is 18.4 Å². The van der Waals surface area contributed by atoms with Gasteiger partial charge < -0.3 is 0 Å². The van der Waals surface area contributed by atoms with Crippen molar-refractivity contribution in [1.82, 2.24) is 5.48 Å². The number of amides is 1. The highest BCUT2D eigenvalue weighted by atomic mass is 32.2. The van der Waals surface area contributed by atoms with E-state index in [1.54, 1.807) is 36.4 Å². The van der Waals surface area contributed by atoms with Gasteiger partial charge >= 0.3 is 0 Å². The van der Waals surface area contributed by atoms with Crippen LogP contribution in [0.2, 0.25) is 0 Å². The van der Waals surface area contributed by atoms with Gasteiger partial charge in [-0.1, -0.05) is 36.4 Å². The van der Waals surface area contributed by atoms with Gasteiger partial charge in [-0.2, -0.15) is 0 Å². The highest BCUT2D eigenvalue weighted by molar-refractivity contribution is 7.91. The van der Waals surface area contributed by atoms with E-state index in [1.165, 1.54) is 23.7 Å². The van der Waals surface area contributed by atoms with Crippen molar-refractivity contribution >= 4 is 27.9 Å². The number of carbonyl (C=O) groups excluding carboxylic acids is 1. The zero-order valence-electron chi connectivity index (χ0n) is 10.8. The Balaban J connectivity index is 2.30. The lowest BCUT2D eigenvalue weighted by Gasteiger charge is -2.09. The summed E-state index contributed by atoms with van der Waals surface area (Å²) in [6, 6.07) is 10.9. The quantitative estimate of drug-likeness (QED) is 0.533. The summed E-state index contributed by atoms with van der Waals surface area (Å²) in [5.41, 5.74) is 2.67. The van der Waals surface area contributed by atoms with Crippen LogP contribution in [-0.2, 0) is 9.84 Å². The molecule has 2 aromatic rings. The molecular weight excluding hydrogens is 290 g/mol. The molecule has 106 valence electrons. The summed E-state index contributed by atoms with van der Waals surface area (Å²) in [6.45, 7) is 0. The van der Waals surface area contributed by atoms with Crippen LogP contribution >= 0.6 is 0 Å². The van der Waals surface area contributed by atoms with Gasteiger partial charge in [-0.3, -0.25) is 10.0 Å². The van der Waals surface area contributed by atoms with Crippen molar-refractivity contribution in [3.63, 3.8) is 0 Å². The van der Waals surface area contributed by atoms with E-state index in [0.717, 1.165) is 0 Å². The van der Waals surface area contributed by atoms with Crippen molar-refractivity contribution in [1.29, 1.82) is 0 Å². The molecule has 1 amide bonds. The molecule has 0 spiro atoms. The van der Waals surface area contributed by atoms with Gasteiger partial charge in [-0.15, -0.1) is 0 Å². The molecule has 1 heterocycles. The maximum atomic E-state index is 12.7. The molecule has 0 aliphatic carbocycles. The largest absolute Gasteiger partial charge is 0.288 e. The molecule has 0 saturated carbocycles. The Morgan fingerprint density at radius 1 is 0.952 bits per heavy atom. The fourth-order valence-electron chi connectivity index (χ4n) is 2.27. The summed E-state index contributed by atoms with van der Waals surface area (Å²) >= 11 is 0. The van der Waals surface area contributed by atoms with E-state index in [9.17, 15) is 13.2 Å². The zero-order chi connectivity index (χ0) is 15.0. The number of nitrogens with one attached hydrogen (secondary N) is 1. The third-order valence-electron chi connectivity index (χ3n) is 3.32. The fourth-order valence-corrected chi connectivity index (χ4v) is 3.94. The first-order chi connectivity index (χ1) is 10.0. The Labute approximate surface area is 121 Å². The van der Waals surface area contributed by atoms with Gasteiger partial charge in [0.15, 0.2) is 0 Å². The van der Waals surface area contributed by atoms with Crippen molar-refractivity contribution in [2.24, 2.45) is 0 Å². The highest BCUT2D eigenvalue weighted by Crippen LogP contribution is 2.32. The molecule has 0 saturated heterocycles. The molecule has 0 fully saturated rings. The van der Waals surface area contributed by atoms with Gasteiger partial charge in [0.1, 0.15) is 0 Å². The Bertz CT molecular complexity index is 869. The van der Waals surface area contributed by atoms with Crippen molar-refractivity contribution in [3.05, 3.63) is 59.2 Å². The van der Waals surface area contributed by atoms with Crippen LogP contribution in [0.5, 0.6) is 0 Å². The molecule has 1 aliphatic heterocycles. The van der Waals surface area contributed by atoms with E-state index >= 15 is 0 Å². The molecule has 0 aromatic heterocycles. The van der Waals surface area contributed by atoms with Crippen LogP contribution in [-0.4, -0.2) is 19.5 Å². The smallest absolute Gasteiger partial charge is 0.274 e. The van der Waals surface area contributed by atoms with Crippen LogP contribution < -0.4 is 5.48 Å². The van der Waals surface area contributed by atoms with E-state index < -0.39 is 15.7 Å². The van der Waals surface area contributed by atoms with Gasteiger partial charge in [0.05, 0.1) is 9.79 Å². The lowest BCUT2D eigenvalue weighted by Crippen LogP contribution is -2.19. The third-order valence-corrected chi connectivity index (χ3v) is 5.20. The second kappa shape index (κ2) is 4.83. The minimum Gasteiger partial charge on any atom is -0.288 e. The summed E-state index contributed by atoms with van der Waals surface area (Å²) in [5.74, 6) is -0.755. The molecule has 3 rings (SSSR count). The van der Waals surface area contributed by atoms with Gasteiger partial charge in [0.2, 0.25) is 9.84 Å². The topological polar surface area (TPSA) is 83.5 Å². The minimum atomic E-state index is -3.73. The number of hydrogen-bond donors (Lipinski definition) is 2. The Morgan fingerprint density at radius 2 is 1.62 bits per heavy atom. The highest BCUT2D eigenvalue weighted by Gasteiger charge is 2.25. The summed E-state index contributed by atoms with van der Waals surface area (Å²) in [4.78, 5) is 11.7. The molecule has 2 aromatic carbocycles. The summed E-state index contributed by atoms with van der Waals surface area (Å²) in [6.07, 6.45) is 3.42. The van der Waals surface area contributed by atoms with Gasteiger partial charge in [0, 0.05) is 5.56 Å². The number of hydrogen-bond acceptors (Lipinski definition) is 4. The molecular formula is C15H11NO4S. The lowest BCUT2D eigenvalue weighted by atomic mass is 10.1. The summed E-state index contributed by atoms with van der Waals surface area (Å²) in [5, 5.41) is 8.67. The molecule has 21 heavy (non-hydrogen) atoms. The number of benzene rings is 2. The summed E-state index contributed by atoms with van der Waals surface area (Å²) in [7, 11) is -3.73. The van der Waals surface area contributed by atoms with Crippen LogP contribution in [0.3, 0.4) is 0 Å². The van der Waals surface area contributed by atoms with Crippen LogP contribution in [0.1, 0.15) is 21.5 Å². The van der Waals surface area contributed by atoms with E-state index in [-0.39, 0.29) is 15.4 Å². The first-order valence-electron chi connectivity index (χ1n) is 6.15. The standard InChI is InChI=1S/C15H11NO4S/c17-15(16-18)12-8-7-11-6-5-10-3-1-2-4-13(10)21(19,20)14(11)9-12/h1-9,18H,(H,16,17). The van der Waals surface area contributed by atoms with E-state index in [1.807, 2.05) is 0 Å². The summed E-state index contributed by atoms with van der Waals surface area (Å²) < 4.78 is 25.5. The second-order valence-corrected chi connectivity index (χ2v) is 6.45. The fraction of sp³-hybridized carbons (Fsp3) is 0. The van der Waals surface area contributed by atoms with Gasteiger partial charge in [-0.25, -0.2) is 13.9 Å². The number of sulfone groups is 1. The van der Waals surface area contributed by atoms with Crippen molar-refractivity contribution in [2.45, 2.75) is 9.79 Å². The first-order valence-corrected chi connectivity index (χ1v) is 7.63. The SMILES string of the molecule is O=C(NO)c1ccc2c(c1)S(=O)(=O)c1ccccc1C=C2. The third kappa shape index (κ3) is 2.14. The van der Waals surface area contributed by atoms with Gasteiger partial charge in [0.25, 0.3) is 5.91 Å². The average Bonchev–Trinajstić information content (AvgIpc) is 2.62. The van der Waals surface area contributed by atoms with E-state index in [2.05, 4.69) is 0 Å². The van der Waals surface area contributed by atoms with Crippen LogP contribution in [0.4, 0.5) is 0 Å². The number of carbonyl (C=O) groups is 1. The van der Waals surface area contributed by atoms with E-state index in [0.29, 0.717) is 11.1 Å². The molecule has 0 atom stereocenters. The predicted octanol–water partition coefficient (Wildman–Crippen LogP) is 2.12. The Hall–Kier alpha value is -2.44. The number of hydroxylamine groups is 1. The molecule has 0 bridgehead atoms. The Kier molecular flexibility index (Phi) is 3.12. The number of rotatable bonds is 1. The Morgan fingerprint density at radius 3 is 2.33 bits per heavy atom. The van der Waals surface area contributed by atoms with Crippen LogP contribution in [0, 0.1) is 0 Å². The van der Waals surface area contributed by atoms with Crippen molar-refractivity contribution in [3.8, 4) is 0 Å². The molecule has 5 nitrogen and oxygen atoms in total. The normalized spacial score (nSPS) is 14.7. The maximum Gasteiger partial charge on any atom is 0.274 e. The monoisotopic (exact) mass is 301 g/mol. The van der Waals surface area contributed by atoms with Crippen molar-refractivity contribution in [2.75, 3.05) is 0 Å². The lowest BCUT2D eigenvalue weighted by molar-refractivity contribution is 0.0706. The zero-order valence-corrected chi connectivity index (χ0v) is 11.6. The maximum absolute atomic E-state index is 12.7. The molecule has 6 heteroatoms. The molecule has 0 radical (unpaired) electrons. The van der Waals surface area contributed by atoms with Crippen LogP contribution in [0.25, 0.3) is 12.2 Å². The molecule has 2 N–H and O–H groups in total. The minimum absolute atomic E-state index is 0.0461. The average molecular weight is 301 g/mol. The number of fused-ring (bicyclic) bond motifs is 2. The molecule has 1 aliphatic rings. The second-order valence-electron chi connectivity index (χ2n) is 4.57.